The first kappa shape index (κ1) is 10.8. The summed E-state index contributed by atoms with van der Waals surface area (Å²) in [5.74, 6) is -0.294. The topological polar surface area (TPSA) is 57.2 Å². The van der Waals surface area contributed by atoms with E-state index in [0.717, 1.165) is 6.92 Å². The molecule has 0 aromatic rings. The van der Waals surface area contributed by atoms with Crippen LogP contribution >= 0.6 is 0 Å². The van der Waals surface area contributed by atoms with Crippen LogP contribution in [-0.4, -0.2) is 11.9 Å². The summed E-state index contributed by atoms with van der Waals surface area (Å²) >= 11 is 0. The van der Waals surface area contributed by atoms with Gasteiger partial charge >= 0.3 is 29.6 Å². The van der Waals surface area contributed by atoms with Crippen molar-refractivity contribution in [2.45, 2.75) is 6.92 Å². The van der Waals surface area contributed by atoms with Crippen LogP contribution in [0.25, 0.3) is 0 Å². The van der Waals surface area contributed by atoms with Crippen molar-refractivity contribution in [3.63, 3.8) is 0 Å². The van der Waals surface area contributed by atoms with Gasteiger partial charge in [0, 0.05) is 0 Å². The fraction of sp³-hybridized carbons (Fsp3) is 0.250. The Labute approximate surface area is 68.7 Å². The molecule has 0 heterocycles. The molecule has 0 amide bonds. The number of hydrogen-bond donors (Lipinski definition) is 0. The van der Waals surface area contributed by atoms with Crippen LogP contribution in [0.4, 0.5) is 0 Å². The summed E-state index contributed by atoms with van der Waals surface area (Å²) in [6.07, 6.45) is 0. The van der Waals surface area contributed by atoms with Gasteiger partial charge in [-0.2, -0.15) is 0 Å². The second kappa shape index (κ2) is 5.06. The molecule has 38 valence electrons. The number of hydrogen-bond acceptors (Lipinski definition) is 3. The van der Waals surface area contributed by atoms with Crippen molar-refractivity contribution >= 4 is 11.9 Å². The Morgan fingerprint density at radius 2 is 2.00 bits per heavy atom. The van der Waals surface area contributed by atoms with E-state index in [9.17, 15) is 14.7 Å². The number of carboxylic acid groups (broad SMARTS) is 1. The van der Waals surface area contributed by atoms with Crippen molar-refractivity contribution in [1.29, 1.82) is 0 Å². The van der Waals surface area contributed by atoms with E-state index in [1.807, 2.05) is 0 Å². The third kappa shape index (κ3) is 4.09. The molecule has 0 radical (unpaired) electrons. The molecule has 0 aliphatic carbocycles. The summed E-state index contributed by atoms with van der Waals surface area (Å²) in [5.41, 5.74) is -0.403. The quantitative estimate of drug-likeness (QED) is 0.200. The predicted octanol–water partition coefficient (Wildman–Crippen LogP) is -4.48. The second-order valence-electron chi connectivity index (χ2n) is 1.01. The molecule has 0 rings (SSSR count). The normalized spacial score (nSPS) is 6.12. The zero-order chi connectivity index (χ0) is 5.86. The average Bonchev–Trinajstić information content (AvgIpc) is 1.65. The molecule has 0 unspecified atom stereocenters. The minimum Gasteiger partial charge on any atom is -0.544 e. The number of carbonyl (C=O) groups is 1. The van der Waals surface area contributed by atoms with Crippen LogP contribution < -0.4 is 34.7 Å². The van der Waals surface area contributed by atoms with Gasteiger partial charge in [0.2, 0.25) is 0 Å². The Morgan fingerprint density at radius 1 is 1.62 bits per heavy atom. The SMILES string of the molecule is CC(=C=O)C(=O)[O-].[Na+]. The Bertz CT molecular complexity index is 134. The zero-order valence-corrected chi connectivity index (χ0v) is 6.72. The van der Waals surface area contributed by atoms with Crippen LogP contribution in [0, 0.1) is 0 Å². The maximum Gasteiger partial charge on any atom is 1.00 e. The van der Waals surface area contributed by atoms with Crippen molar-refractivity contribution in [2.24, 2.45) is 0 Å². The van der Waals surface area contributed by atoms with E-state index in [4.69, 9.17) is 0 Å². The standard InChI is InChI=1S/C4H4O3.Na/c1-3(2-5)4(6)7;/h1H3,(H,6,7);/q;+1/p-1. The number of aliphatic carboxylic acids is 1. The zero-order valence-electron chi connectivity index (χ0n) is 4.72. The molecule has 0 spiro atoms. The van der Waals surface area contributed by atoms with Gasteiger partial charge in [-0.1, -0.05) is 0 Å². The monoisotopic (exact) mass is 122 g/mol. The molecule has 0 atom stereocenters. The summed E-state index contributed by atoms with van der Waals surface area (Å²) < 4.78 is 0. The fourth-order valence-electron chi connectivity index (χ4n) is 0.0417. The summed E-state index contributed by atoms with van der Waals surface area (Å²) in [6.45, 7) is 1.13. The Hall–Kier alpha value is -0.0800. The van der Waals surface area contributed by atoms with Gasteiger partial charge in [-0.25, -0.2) is 4.79 Å². The summed E-state index contributed by atoms with van der Waals surface area (Å²) in [5, 5.41) is 9.52. The predicted molar refractivity (Wildman–Crippen MR) is 19.9 cm³/mol. The van der Waals surface area contributed by atoms with Gasteiger partial charge in [0.25, 0.3) is 0 Å². The molecule has 0 bridgehead atoms. The largest absolute Gasteiger partial charge is 1.00 e. The van der Waals surface area contributed by atoms with E-state index in [1.54, 1.807) is 0 Å². The first-order valence-corrected chi connectivity index (χ1v) is 1.61. The van der Waals surface area contributed by atoms with Crippen LogP contribution in [0.2, 0.25) is 0 Å². The van der Waals surface area contributed by atoms with Gasteiger partial charge in [0.1, 0.15) is 5.94 Å². The summed E-state index contributed by atoms with van der Waals surface area (Å²) in [7, 11) is 0. The number of carboxylic acids is 1. The van der Waals surface area contributed by atoms with E-state index in [2.05, 4.69) is 0 Å². The number of rotatable bonds is 1. The van der Waals surface area contributed by atoms with Crippen molar-refractivity contribution in [1.82, 2.24) is 0 Å². The molecule has 8 heavy (non-hydrogen) atoms. The van der Waals surface area contributed by atoms with Gasteiger partial charge < -0.3 is 9.90 Å². The Kier molecular flexibility index (Phi) is 6.85. The average molecular weight is 122 g/mol. The second-order valence-corrected chi connectivity index (χ2v) is 1.01. The van der Waals surface area contributed by atoms with Crippen LogP contribution in [0.5, 0.6) is 0 Å². The maximum absolute atomic E-state index is 9.52. The molecule has 0 aliphatic rings. The maximum atomic E-state index is 9.52. The molecule has 0 aliphatic heterocycles. The smallest absolute Gasteiger partial charge is 0.544 e. The van der Waals surface area contributed by atoms with Crippen LogP contribution in [0.15, 0.2) is 5.57 Å². The third-order valence-corrected chi connectivity index (χ3v) is 0.459. The Balaban J connectivity index is 0. The van der Waals surface area contributed by atoms with E-state index in [-0.39, 0.29) is 29.6 Å². The molecule has 0 aromatic heterocycles. The Morgan fingerprint density at radius 3 is 2.00 bits per heavy atom. The fourth-order valence-corrected chi connectivity index (χ4v) is 0.0417. The van der Waals surface area contributed by atoms with Crippen LogP contribution in [-0.2, 0) is 9.59 Å². The van der Waals surface area contributed by atoms with E-state index in [1.165, 1.54) is 5.94 Å². The van der Waals surface area contributed by atoms with Gasteiger partial charge in [-0.3, -0.25) is 0 Å². The van der Waals surface area contributed by atoms with Crippen molar-refractivity contribution in [3.8, 4) is 0 Å². The summed E-state index contributed by atoms with van der Waals surface area (Å²) in [6, 6.07) is 0. The molecule has 0 saturated heterocycles. The van der Waals surface area contributed by atoms with Gasteiger partial charge in [0.05, 0.1) is 11.5 Å². The van der Waals surface area contributed by atoms with E-state index < -0.39 is 11.5 Å². The molecule has 0 saturated carbocycles. The van der Waals surface area contributed by atoms with Crippen LogP contribution in [0.3, 0.4) is 0 Å². The third-order valence-electron chi connectivity index (χ3n) is 0.459. The minimum atomic E-state index is -1.46. The molecular formula is C4H3NaO3. The molecule has 4 heteroatoms. The van der Waals surface area contributed by atoms with Gasteiger partial charge in [-0.15, -0.1) is 0 Å². The summed E-state index contributed by atoms with van der Waals surface area (Å²) in [4.78, 5) is 18.9. The van der Waals surface area contributed by atoms with Crippen LogP contribution in [0.1, 0.15) is 6.92 Å². The first-order chi connectivity index (χ1) is 3.18. The van der Waals surface area contributed by atoms with Crippen molar-refractivity contribution in [3.05, 3.63) is 5.57 Å². The molecule has 3 nitrogen and oxygen atoms in total. The van der Waals surface area contributed by atoms with Gasteiger partial charge in [0.15, 0.2) is 0 Å². The molecule has 0 aromatic carbocycles. The first-order valence-electron chi connectivity index (χ1n) is 1.61. The minimum absolute atomic E-state index is 0. The van der Waals surface area contributed by atoms with E-state index >= 15 is 0 Å². The number of carbonyl (C=O) groups excluding carboxylic acids is 2. The van der Waals surface area contributed by atoms with E-state index in [0.29, 0.717) is 0 Å². The van der Waals surface area contributed by atoms with Crippen molar-refractivity contribution in [2.75, 3.05) is 0 Å². The molecule has 0 fully saturated rings. The van der Waals surface area contributed by atoms with Crippen molar-refractivity contribution < 1.29 is 44.3 Å². The van der Waals surface area contributed by atoms with Gasteiger partial charge in [-0.05, 0) is 6.92 Å². The molecular weight excluding hydrogens is 119 g/mol. The molecule has 0 N–H and O–H groups in total.